The van der Waals surface area contributed by atoms with Crippen molar-refractivity contribution in [1.29, 1.82) is 0 Å². The predicted octanol–water partition coefficient (Wildman–Crippen LogP) is 1.22. The van der Waals surface area contributed by atoms with Gasteiger partial charge in [0.1, 0.15) is 18.8 Å². The normalized spacial score (nSPS) is 18.9. The highest BCUT2D eigenvalue weighted by Crippen LogP contribution is 2.33. The number of fused-ring (bicyclic) bond motifs is 1. The van der Waals surface area contributed by atoms with Gasteiger partial charge in [0, 0.05) is 44.0 Å². The molecule has 156 valence electrons. The molecule has 1 atom stereocenters. The van der Waals surface area contributed by atoms with Crippen LogP contribution in [0, 0.1) is 5.92 Å². The number of amides is 1. The molecule has 2 aliphatic rings. The number of carbonyl (C=O) groups excluding carboxylic acids is 1. The summed E-state index contributed by atoms with van der Waals surface area (Å²) in [5.74, 6) is 2.28. The summed E-state index contributed by atoms with van der Waals surface area (Å²) in [5, 5.41) is 12.7. The van der Waals surface area contributed by atoms with Gasteiger partial charge < -0.3 is 19.9 Å². The Morgan fingerprint density at radius 3 is 2.70 bits per heavy atom. The summed E-state index contributed by atoms with van der Waals surface area (Å²) in [6.45, 7) is 3.98. The van der Waals surface area contributed by atoms with E-state index in [-0.39, 0.29) is 24.5 Å². The Morgan fingerprint density at radius 2 is 2.00 bits per heavy atom. The first-order chi connectivity index (χ1) is 14.7. The second-order valence-electron chi connectivity index (χ2n) is 7.81. The van der Waals surface area contributed by atoms with E-state index in [1.165, 1.54) is 6.33 Å². The maximum Gasteiger partial charge on any atom is 0.225 e. The van der Waals surface area contributed by atoms with E-state index in [1.54, 1.807) is 12.4 Å². The summed E-state index contributed by atoms with van der Waals surface area (Å²) in [4.78, 5) is 36.3. The molecule has 10 heteroatoms. The molecule has 0 bridgehead atoms. The number of nitrogens with zero attached hydrogens (tertiary/aromatic N) is 7. The van der Waals surface area contributed by atoms with Crippen LogP contribution in [0.4, 0.5) is 5.82 Å². The molecule has 2 fully saturated rings. The van der Waals surface area contributed by atoms with Crippen molar-refractivity contribution in [3.05, 3.63) is 24.5 Å². The molecule has 3 aromatic rings. The number of rotatable bonds is 6. The van der Waals surface area contributed by atoms with Crippen LogP contribution in [0.25, 0.3) is 22.6 Å². The second-order valence-corrected chi connectivity index (χ2v) is 7.81. The van der Waals surface area contributed by atoms with E-state index in [9.17, 15) is 9.90 Å². The van der Waals surface area contributed by atoms with Gasteiger partial charge in [-0.05, 0) is 26.2 Å². The van der Waals surface area contributed by atoms with Gasteiger partial charge in [0.15, 0.2) is 22.8 Å². The van der Waals surface area contributed by atoms with Gasteiger partial charge in [-0.25, -0.2) is 24.9 Å². The minimum absolute atomic E-state index is 0.146. The largest absolute Gasteiger partial charge is 0.388 e. The number of aliphatic hydroxyl groups is 1. The molecular formula is C20H24N8O2. The van der Waals surface area contributed by atoms with Gasteiger partial charge in [0.2, 0.25) is 5.91 Å². The molecule has 3 aromatic heterocycles. The number of aliphatic hydroxyl groups excluding tert-OH is 1. The van der Waals surface area contributed by atoms with Crippen LogP contribution in [0.2, 0.25) is 0 Å². The molecule has 1 amide bonds. The number of likely N-dealkylation sites (tertiary alicyclic amines) is 1. The molecule has 1 aliphatic carbocycles. The van der Waals surface area contributed by atoms with Crippen molar-refractivity contribution in [2.75, 3.05) is 18.4 Å². The number of hydrogen-bond acceptors (Lipinski definition) is 8. The van der Waals surface area contributed by atoms with Crippen molar-refractivity contribution < 1.29 is 9.90 Å². The second kappa shape index (κ2) is 7.60. The predicted molar refractivity (Wildman–Crippen MR) is 109 cm³/mol. The fourth-order valence-corrected chi connectivity index (χ4v) is 3.97. The van der Waals surface area contributed by atoms with Crippen molar-refractivity contribution in [3.8, 4) is 11.4 Å². The van der Waals surface area contributed by atoms with Crippen LogP contribution in [0.5, 0.6) is 0 Å². The summed E-state index contributed by atoms with van der Waals surface area (Å²) >= 11 is 0. The fourth-order valence-electron chi connectivity index (χ4n) is 3.97. The molecule has 1 saturated carbocycles. The number of aromatic nitrogens is 6. The highest BCUT2D eigenvalue weighted by Gasteiger charge is 2.36. The lowest BCUT2D eigenvalue weighted by Crippen LogP contribution is -2.32. The van der Waals surface area contributed by atoms with Gasteiger partial charge in [-0.1, -0.05) is 0 Å². The summed E-state index contributed by atoms with van der Waals surface area (Å²) in [6.07, 6.45) is 7.80. The number of anilines is 1. The van der Waals surface area contributed by atoms with Gasteiger partial charge in [0.05, 0.1) is 5.56 Å². The van der Waals surface area contributed by atoms with Crippen LogP contribution < -0.4 is 5.32 Å². The Morgan fingerprint density at radius 1 is 1.20 bits per heavy atom. The lowest BCUT2D eigenvalue weighted by atomic mass is 10.2. The number of hydrogen-bond donors (Lipinski definition) is 2. The molecule has 30 heavy (non-hydrogen) atoms. The summed E-state index contributed by atoms with van der Waals surface area (Å²) in [5.41, 5.74) is 2.17. The van der Waals surface area contributed by atoms with Crippen LogP contribution in [-0.4, -0.2) is 64.5 Å². The zero-order chi connectivity index (χ0) is 20.7. The Balaban J connectivity index is 1.43. The Kier molecular flexibility index (Phi) is 4.78. The molecule has 0 radical (unpaired) electrons. The highest BCUT2D eigenvalue weighted by molar-refractivity contribution is 5.86. The molecular weight excluding hydrogens is 384 g/mol. The van der Waals surface area contributed by atoms with Crippen LogP contribution in [0.15, 0.2) is 18.7 Å². The van der Waals surface area contributed by atoms with E-state index in [4.69, 9.17) is 4.98 Å². The third-order valence-electron chi connectivity index (χ3n) is 5.72. The number of imidazole rings is 1. The molecule has 0 aromatic carbocycles. The average Bonchev–Trinajstić information content (AvgIpc) is 3.41. The SMILES string of the molecule is CCn1c(-c2cnc(CO)nc2)nc2c(NC3CCN(C(=O)C4CC4)C3)ncnc21. The van der Waals surface area contributed by atoms with E-state index >= 15 is 0 Å². The van der Waals surface area contributed by atoms with Crippen molar-refractivity contribution in [1.82, 2.24) is 34.4 Å². The number of aryl methyl sites for hydroxylation is 1. The first-order valence-electron chi connectivity index (χ1n) is 10.4. The van der Waals surface area contributed by atoms with E-state index in [0.717, 1.165) is 37.0 Å². The van der Waals surface area contributed by atoms with Crippen molar-refractivity contribution >= 4 is 22.9 Å². The zero-order valence-corrected chi connectivity index (χ0v) is 16.8. The molecule has 4 heterocycles. The molecule has 1 unspecified atom stereocenters. The molecule has 5 rings (SSSR count). The Bertz CT molecular complexity index is 1080. The van der Waals surface area contributed by atoms with Crippen LogP contribution >= 0.6 is 0 Å². The molecule has 10 nitrogen and oxygen atoms in total. The Labute approximate surface area is 173 Å². The van der Waals surface area contributed by atoms with Gasteiger partial charge in [-0.2, -0.15) is 0 Å². The maximum atomic E-state index is 12.3. The van der Waals surface area contributed by atoms with Gasteiger partial charge in [-0.3, -0.25) is 4.79 Å². The first kappa shape index (κ1) is 18.9. The lowest BCUT2D eigenvalue weighted by molar-refractivity contribution is -0.131. The average molecular weight is 408 g/mol. The molecule has 0 spiro atoms. The summed E-state index contributed by atoms with van der Waals surface area (Å²) in [7, 11) is 0. The Hall–Kier alpha value is -3.14. The fraction of sp³-hybridized carbons (Fsp3) is 0.500. The summed E-state index contributed by atoms with van der Waals surface area (Å²) in [6, 6.07) is 0.146. The highest BCUT2D eigenvalue weighted by atomic mass is 16.3. The van der Waals surface area contributed by atoms with Crippen LogP contribution in [0.3, 0.4) is 0 Å². The maximum absolute atomic E-state index is 12.3. The minimum Gasteiger partial charge on any atom is -0.388 e. The standard InChI is InChI=1S/C20H24N8O2/c1-2-28-18(13-7-21-15(10-29)22-8-13)26-16-17(23-11-24-19(16)28)25-14-5-6-27(9-14)20(30)12-3-4-12/h7-8,11-12,14,29H,2-6,9-10H2,1H3,(H,23,24,25). The summed E-state index contributed by atoms with van der Waals surface area (Å²) < 4.78 is 2.00. The topological polar surface area (TPSA) is 122 Å². The monoisotopic (exact) mass is 408 g/mol. The van der Waals surface area contributed by atoms with Crippen molar-refractivity contribution in [2.24, 2.45) is 5.92 Å². The van der Waals surface area contributed by atoms with E-state index in [1.807, 2.05) is 16.4 Å². The molecule has 1 aliphatic heterocycles. The number of carbonyl (C=O) groups is 1. The first-order valence-corrected chi connectivity index (χ1v) is 10.4. The third kappa shape index (κ3) is 3.36. The number of nitrogens with one attached hydrogen (secondary N) is 1. The molecule has 1 saturated heterocycles. The quantitative estimate of drug-likeness (QED) is 0.624. The third-order valence-corrected chi connectivity index (χ3v) is 5.72. The van der Waals surface area contributed by atoms with Gasteiger partial charge in [-0.15, -0.1) is 0 Å². The molecule has 2 N–H and O–H groups in total. The van der Waals surface area contributed by atoms with Crippen molar-refractivity contribution in [3.63, 3.8) is 0 Å². The van der Waals surface area contributed by atoms with Gasteiger partial charge >= 0.3 is 0 Å². The van der Waals surface area contributed by atoms with Crippen LogP contribution in [-0.2, 0) is 17.9 Å². The van der Waals surface area contributed by atoms with E-state index in [0.29, 0.717) is 36.1 Å². The lowest BCUT2D eigenvalue weighted by Gasteiger charge is -2.17. The smallest absolute Gasteiger partial charge is 0.225 e. The van der Waals surface area contributed by atoms with Gasteiger partial charge in [0.25, 0.3) is 0 Å². The van der Waals surface area contributed by atoms with E-state index < -0.39 is 0 Å². The van der Waals surface area contributed by atoms with Crippen LogP contribution in [0.1, 0.15) is 32.0 Å². The minimum atomic E-state index is -0.203. The zero-order valence-electron chi connectivity index (χ0n) is 16.8. The van der Waals surface area contributed by atoms with Crippen molar-refractivity contribution in [2.45, 2.75) is 45.4 Å². The van der Waals surface area contributed by atoms with E-state index in [2.05, 4.69) is 25.3 Å².